The van der Waals surface area contributed by atoms with Gasteiger partial charge in [-0.1, -0.05) is 35.0 Å². The molecule has 1 aromatic carbocycles. The Morgan fingerprint density at radius 3 is 2.70 bits per heavy atom. The number of halogens is 2. The van der Waals surface area contributed by atoms with Gasteiger partial charge in [0.05, 0.1) is 0 Å². The summed E-state index contributed by atoms with van der Waals surface area (Å²) in [4.78, 5) is 8.92. The summed E-state index contributed by atoms with van der Waals surface area (Å²) in [7, 11) is 0. The summed E-state index contributed by atoms with van der Waals surface area (Å²) in [5.74, 6) is 1.72. The van der Waals surface area contributed by atoms with Gasteiger partial charge in [0.1, 0.15) is 16.2 Å². The Bertz CT molecular complexity index is 587. The van der Waals surface area contributed by atoms with Gasteiger partial charge < -0.3 is 5.32 Å². The van der Waals surface area contributed by atoms with Crippen LogP contribution in [0.15, 0.2) is 39.4 Å². The zero-order valence-corrected chi connectivity index (χ0v) is 14.7. The van der Waals surface area contributed by atoms with E-state index in [0.29, 0.717) is 0 Å². The van der Waals surface area contributed by atoms with E-state index in [2.05, 4.69) is 73.1 Å². The average Bonchev–Trinajstić information content (AvgIpc) is 2.38. The highest BCUT2D eigenvalue weighted by Gasteiger charge is 2.08. The van der Waals surface area contributed by atoms with Crippen LogP contribution >= 0.6 is 31.9 Å². The van der Waals surface area contributed by atoms with Crippen LogP contribution in [0.25, 0.3) is 0 Å². The lowest BCUT2D eigenvalue weighted by Gasteiger charge is -2.16. The molecule has 1 N–H and O–H groups in total. The third kappa shape index (κ3) is 4.28. The van der Waals surface area contributed by atoms with Crippen molar-refractivity contribution in [3.05, 3.63) is 50.8 Å². The van der Waals surface area contributed by atoms with Gasteiger partial charge in [-0.2, -0.15) is 0 Å². The number of benzene rings is 1. The molecule has 1 atom stereocenters. The van der Waals surface area contributed by atoms with Gasteiger partial charge in [-0.3, -0.25) is 0 Å². The summed E-state index contributed by atoms with van der Waals surface area (Å²) in [5.41, 5.74) is 1.21. The maximum Gasteiger partial charge on any atom is 0.132 e. The SMILES string of the molecule is CCCc1nc(Br)cc(NC(C)c2cccc(Br)c2)n1. The molecule has 0 saturated carbocycles. The first kappa shape index (κ1) is 15.4. The Labute approximate surface area is 136 Å². The van der Waals surface area contributed by atoms with E-state index in [1.807, 2.05) is 18.2 Å². The number of aromatic nitrogens is 2. The number of hydrogen-bond donors (Lipinski definition) is 1. The molecule has 0 bridgehead atoms. The van der Waals surface area contributed by atoms with Gasteiger partial charge in [0.25, 0.3) is 0 Å². The summed E-state index contributed by atoms with van der Waals surface area (Å²) in [6.45, 7) is 4.25. The van der Waals surface area contributed by atoms with Gasteiger partial charge in [0, 0.05) is 23.0 Å². The fraction of sp³-hybridized carbons (Fsp3) is 0.333. The number of anilines is 1. The largest absolute Gasteiger partial charge is 0.363 e. The molecule has 1 aromatic heterocycles. The van der Waals surface area contributed by atoms with Crippen LogP contribution in [0.5, 0.6) is 0 Å². The molecule has 0 radical (unpaired) electrons. The van der Waals surface area contributed by atoms with Crippen molar-refractivity contribution in [2.45, 2.75) is 32.7 Å². The molecule has 2 aromatic rings. The van der Waals surface area contributed by atoms with E-state index in [1.54, 1.807) is 0 Å². The molecule has 0 spiro atoms. The summed E-state index contributed by atoms with van der Waals surface area (Å²) in [6, 6.07) is 10.4. The number of aryl methyl sites for hydroxylation is 1. The smallest absolute Gasteiger partial charge is 0.132 e. The van der Waals surface area contributed by atoms with Crippen molar-refractivity contribution in [3.63, 3.8) is 0 Å². The molecular weight excluding hydrogens is 382 g/mol. The number of hydrogen-bond acceptors (Lipinski definition) is 3. The minimum Gasteiger partial charge on any atom is -0.363 e. The molecule has 0 amide bonds. The predicted octanol–water partition coefficient (Wildman–Crippen LogP) is 5.13. The summed E-state index contributed by atoms with van der Waals surface area (Å²) >= 11 is 6.94. The molecule has 0 aliphatic heterocycles. The highest BCUT2D eigenvalue weighted by Crippen LogP contribution is 2.22. The second-order valence-electron chi connectivity index (χ2n) is 4.66. The van der Waals surface area contributed by atoms with E-state index in [-0.39, 0.29) is 6.04 Å². The van der Waals surface area contributed by atoms with E-state index < -0.39 is 0 Å². The first-order chi connectivity index (χ1) is 9.58. The third-order valence-electron chi connectivity index (χ3n) is 2.93. The molecule has 0 aliphatic rings. The molecule has 20 heavy (non-hydrogen) atoms. The van der Waals surface area contributed by atoms with Crippen molar-refractivity contribution in [2.75, 3.05) is 5.32 Å². The van der Waals surface area contributed by atoms with E-state index >= 15 is 0 Å². The Balaban J connectivity index is 2.16. The van der Waals surface area contributed by atoms with Crippen LogP contribution in [-0.2, 0) is 6.42 Å². The molecule has 0 fully saturated rings. The van der Waals surface area contributed by atoms with Crippen LogP contribution in [0.3, 0.4) is 0 Å². The predicted molar refractivity (Wildman–Crippen MR) is 89.9 cm³/mol. The number of nitrogens with one attached hydrogen (secondary N) is 1. The molecule has 0 saturated heterocycles. The Hall–Kier alpha value is -0.940. The lowest BCUT2D eigenvalue weighted by Crippen LogP contribution is -2.09. The minimum absolute atomic E-state index is 0.184. The van der Waals surface area contributed by atoms with Crippen molar-refractivity contribution >= 4 is 37.7 Å². The molecule has 0 aliphatic carbocycles. The van der Waals surface area contributed by atoms with E-state index in [1.165, 1.54) is 5.56 Å². The van der Waals surface area contributed by atoms with Gasteiger partial charge in [0.2, 0.25) is 0 Å². The molecule has 2 rings (SSSR count). The number of rotatable bonds is 5. The second kappa shape index (κ2) is 7.18. The second-order valence-corrected chi connectivity index (χ2v) is 6.39. The Morgan fingerprint density at radius 1 is 1.20 bits per heavy atom. The van der Waals surface area contributed by atoms with Crippen LogP contribution in [0.1, 0.15) is 37.7 Å². The fourth-order valence-corrected chi connectivity index (χ4v) is 2.79. The maximum atomic E-state index is 4.55. The molecular formula is C15H17Br2N3. The van der Waals surface area contributed by atoms with Crippen molar-refractivity contribution in [3.8, 4) is 0 Å². The van der Waals surface area contributed by atoms with Gasteiger partial charge in [-0.15, -0.1) is 0 Å². The number of nitrogens with zero attached hydrogens (tertiary/aromatic N) is 2. The lowest BCUT2D eigenvalue weighted by atomic mass is 10.1. The molecule has 3 nitrogen and oxygen atoms in total. The first-order valence-corrected chi connectivity index (χ1v) is 8.22. The van der Waals surface area contributed by atoms with Gasteiger partial charge >= 0.3 is 0 Å². The van der Waals surface area contributed by atoms with Crippen LogP contribution < -0.4 is 5.32 Å². The topological polar surface area (TPSA) is 37.8 Å². The van der Waals surface area contributed by atoms with E-state index in [0.717, 1.165) is 33.6 Å². The molecule has 106 valence electrons. The van der Waals surface area contributed by atoms with Gasteiger partial charge in [0.15, 0.2) is 0 Å². The maximum absolute atomic E-state index is 4.55. The highest BCUT2D eigenvalue weighted by atomic mass is 79.9. The highest BCUT2D eigenvalue weighted by molar-refractivity contribution is 9.10. The van der Waals surface area contributed by atoms with Crippen molar-refractivity contribution in [2.24, 2.45) is 0 Å². The van der Waals surface area contributed by atoms with E-state index in [4.69, 9.17) is 0 Å². The molecule has 1 heterocycles. The lowest BCUT2D eigenvalue weighted by molar-refractivity contribution is 0.814. The Morgan fingerprint density at radius 2 is 2.00 bits per heavy atom. The van der Waals surface area contributed by atoms with Crippen LogP contribution in [0, 0.1) is 0 Å². The van der Waals surface area contributed by atoms with Gasteiger partial charge in [-0.25, -0.2) is 9.97 Å². The summed E-state index contributed by atoms with van der Waals surface area (Å²) in [6.07, 6.45) is 1.93. The fourth-order valence-electron chi connectivity index (χ4n) is 1.96. The molecule has 1 unspecified atom stereocenters. The van der Waals surface area contributed by atoms with E-state index in [9.17, 15) is 0 Å². The van der Waals surface area contributed by atoms with Crippen LogP contribution in [-0.4, -0.2) is 9.97 Å². The minimum atomic E-state index is 0.184. The van der Waals surface area contributed by atoms with Crippen molar-refractivity contribution in [1.29, 1.82) is 0 Å². The van der Waals surface area contributed by atoms with Crippen LogP contribution in [0.2, 0.25) is 0 Å². The quantitative estimate of drug-likeness (QED) is 0.709. The Kier molecular flexibility index (Phi) is 5.54. The van der Waals surface area contributed by atoms with Gasteiger partial charge in [-0.05, 0) is 47.0 Å². The van der Waals surface area contributed by atoms with Crippen molar-refractivity contribution in [1.82, 2.24) is 9.97 Å². The summed E-state index contributed by atoms with van der Waals surface area (Å²) in [5, 5.41) is 3.42. The standard InChI is InChI=1S/C15H17Br2N3/c1-3-5-14-19-13(17)9-15(20-14)18-10(2)11-6-4-7-12(16)8-11/h4,6-10H,3,5H2,1-2H3,(H,18,19,20). The zero-order chi connectivity index (χ0) is 14.5. The monoisotopic (exact) mass is 397 g/mol. The first-order valence-electron chi connectivity index (χ1n) is 6.64. The molecule has 5 heteroatoms. The van der Waals surface area contributed by atoms with Crippen LogP contribution in [0.4, 0.5) is 5.82 Å². The third-order valence-corrected chi connectivity index (χ3v) is 3.83. The summed E-state index contributed by atoms with van der Waals surface area (Å²) < 4.78 is 1.90. The normalized spacial score (nSPS) is 12.2. The van der Waals surface area contributed by atoms with Crippen molar-refractivity contribution < 1.29 is 0 Å². The average molecular weight is 399 g/mol. The zero-order valence-electron chi connectivity index (χ0n) is 11.5.